The SMILES string of the molecule is Cc1ccc(OCc2cccc(C#N)c2F)c(C(C)O)c1. The van der Waals surface area contributed by atoms with Crippen LogP contribution in [-0.4, -0.2) is 5.11 Å². The Balaban J connectivity index is 2.23. The third-order valence-electron chi connectivity index (χ3n) is 3.20. The highest BCUT2D eigenvalue weighted by Crippen LogP contribution is 2.27. The van der Waals surface area contributed by atoms with Crippen LogP contribution in [0.3, 0.4) is 0 Å². The number of aliphatic hydroxyl groups is 1. The predicted octanol–water partition coefficient (Wildman–Crippen LogP) is 3.64. The van der Waals surface area contributed by atoms with Crippen LogP contribution in [0.1, 0.15) is 35.3 Å². The lowest BCUT2D eigenvalue weighted by Crippen LogP contribution is -2.03. The van der Waals surface area contributed by atoms with E-state index in [1.807, 2.05) is 19.1 Å². The summed E-state index contributed by atoms with van der Waals surface area (Å²) in [6.07, 6.45) is -0.671. The minimum atomic E-state index is -0.671. The van der Waals surface area contributed by atoms with Crippen LogP contribution in [0.5, 0.6) is 5.75 Å². The van der Waals surface area contributed by atoms with E-state index in [9.17, 15) is 9.50 Å². The van der Waals surface area contributed by atoms with Gasteiger partial charge in [0, 0.05) is 11.1 Å². The van der Waals surface area contributed by atoms with E-state index in [-0.39, 0.29) is 12.2 Å². The number of nitriles is 1. The van der Waals surface area contributed by atoms with E-state index in [0.29, 0.717) is 16.9 Å². The van der Waals surface area contributed by atoms with Crippen molar-refractivity contribution in [2.75, 3.05) is 0 Å². The van der Waals surface area contributed by atoms with Crippen molar-refractivity contribution in [2.24, 2.45) is 0 Å². The Labute approximate surface area is 123 Å². The van der Waals surface area contributed by atoms with Crippen LogP contribution in [0, 0.1) is 24.1 Å². The molecule has 21 heavy (non-hydrogen) atoms. The lowest BCUT2D eigenvalue weighted by molar-refractivity contribution is 0.189. The molecule has 1 unspecified atom stereocenters. The van der Waals surface area contributed by atoms with Crippen molar-refractivity contribution < 1.29 is 14.2 Å². The van der Waals surface area contributed by atoms with Gasteiger partial charge in [-0.25, -0.2) is 4.39 Å². The number of hydrogen-bond donors (Lipinski definition) is 1. The van der Waals surface area contributed by atoms with Crippen molar-refractivity contribution in [3.63, 3.8) is 0 Å². The highest BCUT2D eigenvalue weighted by Gasteiger charge is 2.12. The van der Waals surface area contributed by atoms with Gasteiger partial charge in [0.1, 0.15) is 24.2 Å². The maximum atomic E-state index is 13.9. The summed E-state index contributed by atoms with van der Waals surface area (Å²) in [4.78, 5) is 0. The van der Waals surface area contributed by atoms with Gasteiger partial charge in [-0.2, -0.15) is 5.26 Å². The Morgan fingerprint density at radius 1 is 1.33 bits per heavy atom. The minimum Gasteiger partial charge on any atom is -0.488 e. The van der Waals surface area contributed by atoms with Crippen molar-refractivity contribution in [1.82, 2.24) is 0 Å². The summed E-state index contributed by atoms with van der Waals surface area (Å²) in [5.74, 6) is -0.0527. The van der Waals surface area contributed by atoms with Gasteiger partial charge in [0.25, 0.3) is 0 Å². The first-order chi connectivity index (χ1) is 10.0. The molecule has 108 valence electrons. The predicted molar refractivity (Wildman–Crippen MR) is 77.3 cm³/mol. The molecule has 0 radical (unpaired) electrons. The Hall–Kier alpha value is -2.38. The highest BCUT2D eigenvalue weighted by atomic mass is 19.1. The average molecular weight is 285 g/mol. The molecule has 0 saturated carbocycles. The number of ether oxygens (including phenoxy) is 1. The number of aryl methyl sites for hydroxylation is 1. The third kappa shape index (κ3) is 3.39. The molecular formula is C17H16FNO2. The summed E-state index contributed by atoms with van der Waals surface area (Å²) < 4.78 is 19.6. The van der Waals surface area contributed by atoms with Crippen molar-refractivity contribution in [3.8, 4) is 11.8 Å². The summed E-state index contributed by atoms with van der Waals surface area (Å²) in [5, 5.41) is 18.6. The standard InChI is InChI=1S/C17H16FNO2/c1-11-6-7-16(15(8-11)12(2)20)21-10-14-5-3-4-13(9-19)17(14)18/h3-8,12,20H,10H2,1-2H3. The van der Waals surface area contributed by atoms with Gasteiger partial charge in [-0.3, -0.25) is 0 Å². The second kappa shape index (κ2) is 6.38. The molecule has 2 aromatic rings. The first-order valence-electron chi connectivity index (χ1n) is 6.62. The summed E-state index contributed by atoms with van der Waals surface area (Å²) in [6.45, 7) is 3.58. The van der Waals surface area contributed by atoms with E-state index < -0.39 is 11.9 Å². The van der Waals surface area contributed by atoms with Crippen LogP contribution >= 0.6 is 0 Å². The van der Waals surface area contributed by atoms with Crippen LogP contribution in [0.2, 0.25) is 0 Å². The molecule has 0 spiro atoms. The number of benzene rings is 2. The zero-order valence-corrected chi connectivity index (χ0v) is 11.9. The second-order valence-corrected chi connectivity index (χ2v) is 4.90. The van der Waals surface area contributed by atoms with E-state index in [1.54, 1.807) is 31.2 Å². The summed E-state index contributed by atoms with van der Waals surface area (Å²) in [5.41, 5.74) is 1.98. The first kappa shape index (κ1) is 15.0. The number of halogens is 1. The van der Waals surface area contributed by atoms with Gasteiger partial charge < -0.3 is 9.84 Å². The summed E-state index contributed by atoms with van der Waals surface area (Å²) in [7, 11) is 0. The molecule has 4 heteroatoms. The Morgan fingerprint density at radius 2 is 2.10 bits per heavy atom. The van der Waals surface area contributed by atoms with E-state index >= 15 is 0 Å². The molecule has 0 aromatic heterocycles. The number of rotatable bonds is 4. The van der Waals surface area contributed by atoms with E-state index in [1.165, 1.54) is 6.07 Å². The second-order valence-electron chi connectivity index (χ2n) is 4.90. The molecule has 0 saturated heterocycles. The largest absolute Gasteiger partial charge is 0.488 e. The maximum Gasteiger partial charge on any atom is 0.147 e. The molecule has 0 aliphatic carbocycles. The molecule has 3 nitrogen and oxygen atoms in total. The Kier molecular flexibility index (Phi) is 4.56. The van der Waals surface area contributed by atoms with Gasteiger partial charge in [0.2, 0.25) is 0 Å². The molecule has 0 fully saturated rings. The Morgan fingerprint density at radius 3 is 2.76 bits per heavy atom. The molecule has 0 amide bonds. The van der Waals surface area contributed by atoms with Crippen LogP contribution in [0.25, 0.3) is 0 Å². The van der Waals surface area contributed by atoms with Crippen molar-refractivity contribution in [1.29, 1.82) is 5.26 Å². The average Bonchev–Trinajstić information content (AvgIpc) is 2.47. The number of aliphatic hydroxyl groups excluding tert-OH is 1. The highest BCUT2D eigenvalue weighted by molar-refractivity contribution is 5.39. The van der Waals surface area contributed by atoms with Crippen LogP contribution in [0.15, 0.2) is 36.4 Å². The summed E-state index contributed by atoms with van der Waals surface area (Å²) >= 11 is 0. The van der Waals surface area contributed by atoms with Crippen molar-refractivity contribution in [2.45, 2.75) is 26.6 Å². The van der Waals surface area contributed by atoms with Crippen LogP contribution in [0.4, 0.5) is 4.39 Å². The Bertz CT molecular complexity index is 690. The van der Waals surface area contributed by atoms with Gasteiger partial charge in [-0.05, 0) is 32.0 Å². The zero-order valence-electron chi connectivity index (χ0n) is 11.9. The molecule has 0 bridgehead atoms. The third-order valence-corrected chi connectivity index (χ3v) is 3.20. The monoisotopic (exact) mass is 285 g/mol. The molecular weight excluding hydrogens is 269 g/mol. The quantitative estimate of drug-likeness (QED) is 0.933. The van der Waals surface area contributed by atoms with Crippen LogP contribution < -0.4 is 4.74 Å². The molecule has 1 atom stereocenters. The topological polar surface area (TPSA) is 53.2 Å². The van der Waals surface area contributed by atoms with Gasteiger partial charge in [-0.15, -0.1) is 0 Å². The molecule has 0 aliphatic rings. The fraction of sp³-hybridized carbons (Fsp3) is 0.235. The van der Waals surface area contributed by atoms with Crippen molar-refractivity contribution >= 4 is 0 Å². The van der Waals surface area contributed by atoms with Gasteiger partial charge in [0.15, 0.2) is 0 Å². The van der Waals surface area contributed by atoms with E-state index in [0.717, 1.165) is 5.56 Å². The minimum absolute atomic E-state index is 0.00393. The van der Waals surface area contributed by atoms with Crippen molar-refractivity contribution in [3.05, 3.63) is 64.5 Å². The first-order valence-corrected chi connectivity index (χ1v) is 6.62. The molecule has 2 rings (SSSR count). The molecule has 0 aliphatic heterocycles. The maximum absolute atomic E-state index is 13.9. The fourth-order valence-electron chi connectivity index (χ4n) is 2.06. The lowest BCUT2D eigenvalue weighted by atomic mass is 10.1. The molecule has 1 N–H and O–H groups in total. The molecule has 0 heterocycles. The zero-order chi connectivity index (χ0) is 15.4. The van der Waals surface area contributed by atoms with E-state index in [4.69, 9.17) is 10.00 Å². The van der Waals surface area contributed by atoms with Crippen LogP contribution in [-0.2, 0) is 6.61 Å². The number of nitrogens with zero attached hydrogens (tertiary/aromatic N) is 1. The normalized spacial score (nSPS) is 11.8. The number of hydrogen-bond acceptors (Lipinski definition) is 3. The van der Waals surface area contributed by atoms with Gasteiger partial charge >= 0.3 is 0 Å². The fourth-order valence-corrected chi connectivity index (χ4v) is 2.06. The lowest BCUT2D eigenvalue weighted by Gasteiger charge is -2.14. The van der Waals surface area contributed by atoms with E-state index in [2.05, 4.69) is 0 Å². The molecule has 2 aromatic carbocycles. The summed E-state index contributed by atoms with van der Waals surface area (Å²) in [6, 6.07) is 11.9. The van der Waals surface area contributed by atoms with Gasteiger partial charge in [-0.1, -0.05) is 23.8 Å². The smallest absolute Gasteiger partial charge is 0.147 e. The van der Waals surface area contributed by atoms with Gasteiger partial charge in [0.05, 0.1) is 11.7 Å².